The standard InChI is InChI=1S/C50H30N4O/c1-2-12-31(13-3-1)32-22-25-34(26-23-32)53-42-19-9-5-14-35(42)38-28-29-44-47(49(38)53)40-17-6-10-20-43(40)54(44)50-51-41-18-8-4-16-39(41)48(52-50)33-24-27-37-36-15-7-11-21-45(36)55-46(37)30-33/h1-30H. The SMILES string of the molecule is c1ccc(-c2ccc(-n3c4ccccc4c4ccc5c(c6ccccc6n5-c5nc(-c6ccc7c(c6)oc6ccccc67)c6ccccc6n5)c43)cc2)cc1. The van der Waals surface area contributed by atoms with E-state index in [0.29, 0.717) is 5.95 Å². The Morgan fingerprint density at radius 2 is 1.00 bits per heavy atom. The third-order valence-corrected chi connectivity index (χ3v) is 11.1. The number of furan rings is 1. The molecule has 12 aromatic rings. The molecule has 0 radical (unpaired) electrons. The molecule has 0 aliphatic heterocycles. The van der Waals surface area contributed by atoms with Gasteiger partial charge in [-0.1, -0.05) is 127 Å². The fourth-order valence-corrected chi connectivity index (χ4v) is 8.68. The van der Waals surface area contributed by atoms with Gasteiger partial charge in [0.15, 0.2) is 0 Å². The smallest absolute Gasteiger partial charge is 0.235 e. The van der Waals surface area contributed by atoms with E-state index in [-0.39, 0.29) is 0 Å². The van der Waals surface area contributed by atoms with Crippen molar-refractivity contribution in [1.82, 2.24) is 19.1 Å². The highest BCUT2D eigenvalue weighted by molar-refractivity contribution is 6.26. The van der Waals surface area contributed by atoms with E-state index < -0.39 is 0 Å². The van der Waals surface area contributed by atoms with Crippen LogP contribution in [0.15, 0.2) is 186 Å². The van der Waals surface area contributed by atoms with Crippen LogP contribution in [0.4, 0.5) is 0 Å². The van der Waals surface area contributed by atoms with Gasteiger partial charge in [-0.15, -0.1) is 0 Å². The first kappa shape index (κ1) is 30.0. The third kappa shape index (κ3) is 4.41. The molecule has 12 rings (SSSR count). The second kappa shape index (κ2) is 11.5. The van der Waals surface area contributed by atoms with Crippen LogP contribution in [0.25, 0.3) is 110 Å². The molecule has 0 spiro atoms. The van der Waals surface area contributed by atoms with Crippen LogP contribution in [0, 0.1) is 0 Å². The quantitative estimate of drug-likeness (QED) is 0.183. The summed E-state index contributed by atoms with van der Waals surface area (Å²) in [7, 11) is 0. The van der Waals surface area contributed by atoms with Gasteiger partial charge in [0.25, 0.3) is 0 Å². The first-order chi connectivity index (χ1) is 27.3. The molecule has 0 saturated heterocycles. The second-order valence-corrected chi connectivity index (χ2v) is 14.2. The van der Waals surface area contributed by atoms with Crippen LogP contribution in [-0.2, 0) is 0 Å². The van der Waals surface area contributed by atoms with Gasteiger partial charge in [0.2, 0.25) is 5.95 Å². The summed E-state index contributed by atoms with van der Waals surface area (Å²) in [6.07, 6.45) is 0. The van der Waals surface area contributed by atoms with E-state index in [1.54, 1.807) is 0 Å². The largest absolute Gasteiger partial charge is 0.456 e. The molecule has 0 saturated carbocycles. The van der Waals surface area contributed by atoms with Gasteiger partial charge in [-0.2, -0.15) is 0 Å². The van der Waals surface area contributed by atoms with E-state index >= 15 is 0 Å². The number of benzene rings is 8. The first-order valence-corrected chi connectivity index (χ1v) is 18.6. The fraction of sp³-hybridized carbons (Fsp3) is 0. The van der Waals surface area contributed by atoms with E-state index in [4.69, 9.17) is 14.4 Å². The molecule has 256 valence electrons. The molecular weight excluding hydrogens is 673 g/mol. The molecule has 0 amide bonds. The number of aromatic nitrogens is 4. The number of fused-ring (bicyclic) bond motifs is 11. The van der Waals surface area contributed by atoms with E-state index in [1.807, 2.05) is 18.2 Å². The number of nitrogens with zero attached hydrogens (tertiary/aromatic N) is 4. The Balaban J connectivity index is 1.13. The maximum absolute atomic E-state index is 6.34. The zero-order valence-corrected chi connectivity index (χ0v) is 29.5. The Morgan fingerprint density at radius 1 is 0.382 bits per heavy atom. The minimum atomic E-state index is 0.624. The normalized spacial score (nSPS) is 12.0. The highest BCUT2D eigenvalue weighted by atomic mass is 16.3. The predicted molar refractivity (Wildman–Crippen MR) is 226 cm³/mol. The lowest BCUT2D eigenvalue weighted by atomic mass is 10.0. The average Bonchev–Trinajstić information content (AvgIpc) is 3.91. The summed E-state index contributed by atoms with van der Waals surface area (Å²) in [5.74, 6) is 0.624. The zero-order valence-electron chi connectivity index (χ0n) is 29.5. The van der Waals surface area contributed by atoms with Crippen LogP contribution < -0.4 is 0 Å². The molecule has 0 aliphatic carbocycles. The third-order valence-electron chi connectivity index (χ3n) is 11.1. The van der Waals surface area contributed by atoms with Crippen LogP contribution in [0.1, 0.15) is 0 Å². The van der Waals surface area contributed by atoms with Gasteiger partial charge < -0.3 is 8.98 Å². The Morgan fingerprint density at radius 3 is 1.84 bits per heavy atom. The van der Waals surface area contributed by atoms with Crippen LogP contribution in [0.5, 0.6) is 0 Å². The van der Waals surface area contributed by atoms with Crippen molar-refractivity contribution in [1.29, 1.82) is 0 Å². The molecule has 5 heteroatoms. The number of hydrogen-bond acceptors (Lipinski definition) is 3. The van der Waals surface area contributed by atoms with Gasteiger partial charge in [-0.25, -0.2) is 9.97 Å². The molecule has 8 aromatic carbocycles. The van der Waals surface area contributed by atoms with Gasteiger partial charge >= 0.3 is 0 Å². The van der Waals surface area contributed by atoms with Crippen LogP contribution in [0.3, 0.4) is 0 Å². The van der Waals surface area contributed by atoms with Crippen molar-refractivity contribution >= 4 is 76.5 Å². The minimum absolute atomic E-state index is 0.624. The lowest BCUT2D eigenvalue weighted by molar-refractivity contribution is 0.669. The summed E-state index contributed by atoms with van der Waals surface area (Å²) in [5.41, 5.74) is 12.4. The average molecular weight is 703 g/mol. The van der Waals surface area contributed by atoms with Crippen molar-refractivity contribution in [3.05, 3.63) is 182 Å². The maximum Gasteiger partial charge on any atom is 0.235 e. The maximum atomic E-state index is 6.34. The predicted octanol–water partition coefficient (Wildman–Crippen LogP) is 13.1. The van der Waals surface area contributed by atoms with Crippen molar-refractivity contribution in [2.45, 2.75) is 0 Å². The van der Waals surface area contributed by atoms with E-state index in [2.05, 4.69) is 173 Å². The van der Waals surface area contributed by atoms with Gasteiger partial charge in [-0.05, 0) is 65.7 Å². The second-order valence-electron chi connectivity index (χ2n) is 14.2. The summed E-state index contributed by atoms with van der Waals surface area (Å²) in [4.78, 5) is 10.7. The molecule has 0 unspecified atom stereocenters. The highest BCUT2D eigenvalue weighted by Crippen LogP contribution is 2.42. The van der Waals surface area contributed by atoms with E-state index in [1.165, 1.54) is 32.8 Å². The topological polar surface area (TPSA) is 48.8 Å². The molecule has 55 heavy (non-hydrogen) atoms. The monoisotopic (exact) mass is 702 g/mol. The lowest BCUT2D eigenvalue weighted by Gasteiger charge is -2.12. The van der Waals surface area contributed by atoms with Crippen LogP contribution >= 0.6 is 0 Å². The molecular formula is C50H30N4O. The summed E-state index contributed by atoms with van der Waals surface area (Å²) in [6.45, 7) is 0. The summed E-state index contributed by atoms with van der Waals surface area (Å²) < 4.78 is 11.0. The molecule has 5 nitrogen and oxygen atoms in total. The van der Waals surface area contributed by atoms with E-state index in [0.717, 1.165) is 71.7 Å². The molecule has 4 heterocycles. The van der Waals surface area contributed by atoms with Crippen LogP contribution in [-0.4, -0.2) is 19.1 Å². The molecule has 0 aliphatic rings. The summed E-state index contributed by atoms with van der Waals surface area (Å²) in [6, 6.07) is 64.2. The molecule has 0 N–H and O–H groups in total. The van der Waals surface area contributed by atoms with Gasteiger partial charge in [0.05, 0.1) is 33.3 Å². The summed E-state index contributed by atoms with van der Waals surface area (Å²) >= 11 is 0. The highest BCUT2D eigenvalue weighted by Gasteiger charge is 2.23. The van der Waals surface area contributed by atoms with Crippen molar-refractivity contribution in [2.75, 3.05) is 0 Å². The first-order valence-electron chi connectivity index (χ1n) is 18.6. The van der Waals surface area contributed by atoms with Crippen LogP contribution in [0.2, 0.25) is 0 Å². The molecule has 0 fully saturated rings. The van der Waals surface area contributed by atoms with Gasteiger partial charge in [0.1, 0.15) is 11.2 Å². The van der Waals surface area contributed by atoms with Crippen molar-refractivity contribution in [2.24, 2.45) is 0 Å². The van der Waals surface area contributed by atoms with Gasteiger partial charge in [0, 0.05) is 49.0 Å². The summed E-state index contributed by atoms with van der Waals surface area (Å²) in [5, 5.41) is 7.93. The zero-order chi connectivity index (χ0) is 36.0. The number of hydrogen-bond donors (Lipinski definition) is 0. The van der Waals surface area contributed by atoms with E-state index in [9.17, 15) is 0 Å². The number of rotatable bonds is 4. The minimum Gasteiger partial charge on any atom is -0.456 e. The molecule has 0 atom stereocenters. The Labute approximate surface area is 315 Å². The van der Waals surface area contributed by atoms with Gasteiger partial charge in [-0.3, -0.25) is 4.57 Å². The van der Waals surface area contributed by atoms with Crippen molar-refractivity contribution in [3.63, 3.8) is 0 Å². The molecule has 4 aromatic heterocycles. The lowest BCUT2D eigenvalue weighted by Crippen LogP contribution is -2.03. The Hall–Kier alpha value is -7.50. The fourth-order valence-electron chi connectivity index (χ4n) is 8.68. The van der Waals surface area contributed by atoms with Crippen molar-refractivity contribution in [3.8, 4) is 34.0 Å². The van der Waals surface area contributed by atoms with Crippen molar-refractivity contribution < 1.29 is 4.42 Å². The number of para-hydroxylation sites is 4. The Kier molecular flexibility index (Phi) is 6.27. The Bertz CT molecular complexity index is 3480. The molecule has 0 bridgehead atoms.